The van der Waals surface area contributed by atoms with Gasteiger partial charge in [-0.25, -0.2) is 9.78 Å². The number of amides is 2. The summed E-state index contributed by atoms with van der Waals surface area (Å²) in [5.74, 6) is 0.689. The number of aromatic nitrogens is 2. The quantitative estimate of drug-likeness (QED) is 0.909. The second kappa shape index (κ2) is 7.31. The summed E-state index contributed by atoms with van der Waals surface area (Å²) in [6.45, 7) is 9.08. The molecule has 0 saturated carbocycles. The number of thiophene rings is 1. The molecule has 0 aliphatic carbocycles. The van der Waals surface area contributed by atoms with Crippen molar-refractivity contribution in [3.8, 4) is 0 Å². The van der Waals surface area contributed by atoms with Crippen molar-refractivity contribution in [3.63, 3.8) is 0 Å². The number of hydrogen-bond acceptors (Lipinski definition) is 5. The predicted molar refractivity (Wildman–Crippen MR) is 95.4 cm³/mol. The molecule has 2 amide bonds. The molecule has 1 saturated heterocycles. The van der Waals surface area contributed by atoms with E-state index in [2.05, 4.69) is 14.9 Å². The molecule has 1 fully saturated rings. The van der Waals surface area contributed by atoms with Crippen molar-refractivity contribution in [1.82, 2.24) is 24.7 Å². The van der Waals surface area contributed by atoms with Gasteiger partial charge in [-0.3, -0.25) is 9.69 Å². The van der Waals surface area contributed by atoms with Gasteiger partial charge in [-0.05, 0) is 25.3 Å². The van der Waals surface area contributed by atoms with Crippen LogP contribution in [-0.2, 0) is 6.54 Å². The molecule has 1 aliphatic rings. The topological polar surface area (TPSA) is 72.5 Å². The zero-order chi connectivity index (χ0) is 17.1. The van der Waals surface area contributed by atoms with Crippen LogP contribution in [-0.4, -0.2) is 70.0 Å². The van der Waals surface area contributed by atoms with Gasteiger partial charge < -0.3 is 14.8 Å². The first-order valence-electron chi connectivity index (χ1n) is 8.35. The van der Waals surface area contributed by atoms with E-state index in [1.54, 1.807) is 0 Å². The molecule has 0 unspecified atom stereocenters. The minimum atomic E-state index is -0.0691. The second-order valence-corrected chi connectivity index (χ2v) is 6.78. The lowest BCUT2D eigenvalue weighted by Crippen LogP contribution is -2.52. The number of aromatic amines is 1. The Bertz CT molecular complexity index is 759. The van der Waals surface area contributed by atoms with Crippen LogP contribution >= 0.6 is 11.3 Å². The Kier molecular flexibility index (Phi) is 5.15. The Balaban J connectivity index is 1.60. The highest BCUT2D eigenvalue weighted by molar-refractivity contribution is 7.17. The lowest BCUT2D eigenvalue weighted by molar-refractivity contribution is 0.111. The summed E-state index contributed by atoms with van der Waals surface area (Å²) in [6, 6.07) is 1.99. The smallest absolute Gasteiger partial charge is 0.320 e. The molecule has 130 valence electrons. The van der Waals surface area contributed by atoms with Crippen LogP contribution in [0.4, 0.5) is 4.79 Å². The number of nitrogens with one attached hydrogen (secondary N) is 1. The van der Waals surface area contributed by atoms with E-state index in [9.17, 15) is 9.59 Å². The average Bonchev–Trinajstić information content (AvgIpc) is 3.05. The maximum absolute atomic E-state index is 12.4. The summed E-state index contributed by atoms with van der Waals surface area (Å²) in [5.41, 5.74) is 0.689. The molecule has 0 aromatic carbocycles. The van der Waals surface area contributed by atoms with Crippen molar-refractivity contribution in [2.45, 2.75) is 20.4 Å². The molecule has 3 rings (SSSR count). The molecular formula is C16H23N5O2S. The third kappa shape index (κ3) is 3.44. The van der Waals surface area contributed by atoms with Gasteiger partial charge in [-0.15, -0.1) is 11.3 Å². The van der Waals surface area contributed by atoms with Gasteiger partial charge in [-0.1, -0.05) is 0 Å². The fourth-order valence-corrected chi connectivity index (χ4v) is 3.73. The molecule has 0 radical (unpaired) electrons. The number of H-pyrrole nitrogens is 1. The summed E-state index contributed by atoms with van der Waals surface area (Å²) in [5, 5.41) is 1.88. The van der Waals surface area contributed by atoms with Crippen molar-refractivity contribution in [1.29, 1.82) is 0 Å². The highest BCUT2D eigenvalue weighted by Crippen LogP contribution is 2.15. The standard InChI is InChI=1S/C16H23N5O2S/c1-3-20(4-2)16(23)21-8-6-19(7-9-21)11-13-17-12-5-10-24-14(12)15(22)18-13/h5,10H,3-4,6-9,11H2,1-2H3,(H,17,18,22). The zero-order valence-corrected chi connectivity index (χ0v) is 14.9. The Labute approximate surface area is 144 Å². The molecule has 8 heteroatoms. The van der Waals surface area contributed by atoms with Crippen LogP contribution in [0.3, 0.4) is 0 Å². The number of hydrogen-bond donors (Lipinski definition) is 1. The second-order valence-electron chi connectivity index (χ2n) is 5.87. The molecule has 1 aliphatic heterocycles. The molecule has 7 nitrogen and oxygen atoms in total. The van der Waals surface area contributed by atoms with E-state index in [1.165, 1.54) is 11.3 Å². The first-order valence-corrected chi connectivity index (χ1v) is 9.23. The van der Waals surface area contributed by atoms with Crippen molar-refractivity contribution >= 4 is 27.6 Å². The number of carbonyl (C=O) groups is 1. The maximum atomic E-state index is 12.4. The van der Waals surface area contributed by atoms with Gasteiger partial charge in [0.2, 0.25) is 0 Å². The van der Waals surface area contributed by atoms with E-state index >= 15 is 0 Å². The van der Waals surface area contributed by atoms with Gasteiger partial charge >= 0.3 is 6.03 Å². The van der Waals surface area contributed by atoms with E-state index in [4.69, 9.17) is 0 Å². The number of rotatable bonds is 4. The number of fused-ring (bicyclic) bond motifs is 1. The van der Waals surface area contributed by atoms with Gasteiger partial charge in [0.25, 0.3) is 5.56 Å². The predicted octanol–water partition coefficient (Wildman–Crippen LogP) is 1.56. The monoisotopic (exact) mass is 349 g/mol. The van der Waals surface area contributed by atoms with Gasteiger partial charge in [0.15, 0.2) is 0 Å². The van der Waals surface area contributed by atoms with Gasteiger partial charge in [0, 0.05) is 39.3 Å². The fourth-order valence-electron chi connectivity index (χ4n) is 3.00. The zero-order valence-electron chi connectivity index (χ0n) is 14.1. The van der Waals surface area contributed by atoms with Crippen LogP contribution in [0.1, 0.15) is 19.7 Å². The van der Waals surface area contributed by atoms with Crippen molar-refractivity contribution in [2.75, 3.05) is 39.3 Å². The SMILES string of the molecule is CCN(CC)C(=O)N1CCN(Cc2nc3ccsc3c(=O)[nH]2)CC1. The summed E-state index contributed by atoms with van der Waals surface area (Å²) in [4.78, 5) is 37.8. The average molecular weight is 349 g/mol. The molecule has 0 spiro atoms. The Hall–Kier alpha value is -1.93. The van der Waals surface area contributed by atoms with Crippen LogP contribution < -0.4 is 5.56 Å². The highest BCUT2D eigenvalue weighted by atomic mass is 32.1. The molecule has 24 heavy (non-hydrogen) atoms. The van der Waals surface area contributed by atoms with Crippen LogP contribution in [0.5, 0.6) is 0 Å². The van der Waals surface area contributed by atoms with E-state index in [-0.39, 0.29) is 11.6 Å². The minimum Gasteiger partial charge on any atom is -0.325 e. The Morgan fingerprint density at radius 1 is 1.29 bits per heavy atom. The number of carbonyl (C=O) groups excluding carboxylic acids is 1. The number of urea groups is 1. The molecule has 0 atom stereocenters. The summed E-state index contributed by atoms with van der Waals surface area (Å²) >= 11 is 1.41. The van der Waals surface area contributed by atoms with Crippen LogP contribution in [0.2, 0.25) is 0 Å². The van der Waals surface area contributed by atoms with Crippen LogP contribution in [0.15, 0.2) is 16.2 Å². The molecule has 0 bridgehead atoms. The summed E-state index contributed by atoms with van der Waals surface area (Å²) in [6.07, 6.45) is 0. The molecular weight excluding hydrogens is 326 g/mol. The lowest BCUT2D eigenvalue weighted by Gasteiger charge is -2.36. The van der Waals surface area contributed by atoms with E-state index in [0.717, 1.165) is 31.7 Å². The normalized spacial score (nSPS) is 15.8. The Morgan fingerprint density at radius 2 is 2.00 bits per heavy atom. The van der Waals surface area contributed by atoms with Gasteiger partial charge in [0.1, 0.15) is 10.5 Å². The van der Waals surface area contributed by atoms with Gasteiger partial charge in [0.05, 0.1) is 12.1 Å². The van der Waals surface area contributed by atoms with Crippen molar-refractivity contribution in [2.24, 2.45) is 0 Å². The van der Waals surface area contributed by atoms with Crippen molar-refractivity contribution in [3.05, 3.63) is 27.6 Å². The van der Waals surface area contributed by atoms with Crippen LogP contribution in [0, 0.1) is 0 Å². The minimum absolute atomic E-state index is 0.0691. The number of nitrogens with zero attached hydrogens (tertiary/aromatic N) is 4. The third-order valence-electron chi connectivity index (χ3n) is 4.41. The molecule has 2 aromatic rings. The lowest BCUT2D eigenvalue weighted by atomic mass is 10.3. The van der Waals surface area contributed by atoms with Crippen LogP contribution in [0.25, 0.3) is 10.2 Å². The fraction of sp³-hybridized carbons (Fsp3) is 0.562. The Morgan fingerprint density at radius 3 is 2.67 bits per heavy atom. The largest absolute Gasteiger partial charge is 0.325 e. The maximum Gasteiger partial charge on any atom is 0.320 e. The van der Waals surface area contributed by atoms with Crippen molar-refractivity contribution < 1.29 is 4.79 Å². The molecule has 3 heterocycles. The number of piperazine rings is 1. The van der Waals surface area contributed by atoms with Gasteiger partial charge in [-0.2, -0.15) is 0 Å². The first kappa shape index (κ1) is 16.9. The van der Waals surface area contributed by atoms with E-state index < -0.39 is 0 Å². The first-order chi connectivity index (χ1) is 11.6. The third-order valence-corrected chi connectivity index (χ3v) is 5.32. The molecule has 1 N–H and O–H groups in total. The van der Waals surface area contributed by atoms with E-state index in [0.29, 0.717) is 30.2 Å². The molecule has 2 aromatic heterocycles. The highest BCUT2D eigenvalue weighted by Gasteiger charge is 2.24. The summed E-state index contributed by atoms with van der Waals surface area (Å²) in [7, 11) is 0. The van der Waals surface area contributed by atoms with E-state index in [1.807, 2.05) is 35.1 Å². The summed E-state index contributed by atoms with van der Waals surface area (Å²) < 4.78 is 0.674.